The van der Waals surface area contributed by atoms with Crippen LogP contribution in [0.15, 0.2) is 42.5 Å². The van der Waals surface area contributed by atoms with Gasteiger partial charge in [-0.3, -0.25) is 4.79 Å². The van der Waals surface area contributed by atoms with Crippen molar-refractivity contribution in [2.75, 3.05) is 16.8 Å². The van der Waals surface area contributed by atoms with Gasteiger partial charge in [-0.1, -0.05) is 6.07 Å². The Bertz CT molecular complexity index is 1100. The summed E-state index contributed by atoms with van der Waals surface area (Å²) < 4.78 is 24.2. The lowest BCUT2D eigenvalue weighted by Gasteiger charge is -2.09. The van der Waals surface area contributed by atoms with Crippen LogP contribution in [0.1, 0.15) is 18.4 Å². The number of aromatic nitrogens is 1. The smallest absolute Gasteiger partial charge is 0.224 e. The quantitative estimate of drug-likeness (QED) is 0.717. The van der Waals surface area contributed by atoms with E-state index >= 15 is 0 Å². The van der Waals surface area contributed by atoms with Crippen molar-refractivity contribution in [2.24, 2.45) is 5.92 Å². The van der Waals surface area contributed by atoms with Crippen LogP contribution in [-0.2, 0) is 14.6 Å². The first-order chi connectivity index (χ1) is 12.9. The maximum atomic E-state index is 12.2. The summed E-state index contributed by atoms with van der Waals surface area (Å²) in [5.41, 5.74) is 3.92. The average Bonchev–Trinajstić information content (AvgIpc) is 3.17. The number of sulfone groups is 1. The van der Waals surface area contributed by atoms with Gasteiger partial charge in [0.2, 0.25) is 5.91 Å². The Morgan fingerprint density at radius 2 is 2.00 bits per heavy atom. The molecule has 0 radical (unpaired) electrons. The number of thiazole rings is 1. The number of aryl methyl sites for hydroxylation is 1. The molecular weight excluding hydrogens is 380 g/mol. The van der Waals surface area contributed by atoms with E-state index in [-0.39, 0.29) is 29.8 Å². The molecule has 0 bridgehead atoms. The molecule has 0 aliphatic carbocycles. The van der Waals surface area contributed by atoms with Gasteiger partial charge < -0.3 is 5.32 Å². The monoisotopic (exact) mass is 400 g/mol. The zero-order chi connectivity index (χ0) is 19.0. The number of carbonyl (C=O) groups is 1. The number of hydrogen-bond acceptors (Lipinski definition) is 5. The van der Waals surface area contributed by atoms with Crippen LogP contribution < -0.4 is 5.32 Å². The minimum absolute atomic E-state index is 0.0690. The lowest BCUT2D eigenvalue weighted by Crippen LogP contribution is -2.17. The van der Waals surface area contributed by atoms with Gasteiger partial charge in [-0.15, -0.1) is 11.3 Å². The number of amides is 1. The third-order valence-electron chi connectivity index (χ3n) is 4.76. The molecule has 1 atom stereocenters. The van der Waals surface area contributed by atoms with Crippen molar-refractivity contribution in [3.63, 3.8) is 0 Å². The molecule has 1 aliphatic heterocycles. The molecule has 3 aromatic rings. The van der Waals surface area contributed by atoms with Gasteiger partial charge in [0, 0.05) is 17.7 Å². The molecule has 5 nitrogen and oxygen atoms in total. The Morgan fingerprint density at radius 1 is 1.22 bits per heavy atom. The van der Waals surface area contributed by atoms with Crippen LogP contribution in [0.2, 0.25) is 0 Å². The van der Waals surface area contributed by atoms with Gasteiger partial charge in [0.05, 0.1) is 21.7 Å². The lowest BCUT2D eigenvalue weighted by atomic mass is 10.0. The van der Waals surface area contributed by atoms with E-state index in [9.17, 15) is 13.2 Å². The molecule has 1 amide bonds. The molecule has 2 aromatic carbocycles. The highest BCUT2D eigenvalue weighted by Gasteiger charge is 2.29. The van der Waals surface area contributed by atoms with E-state index in [0.29, 0.717) is 12.1 Å². The molecule has 27 heavy (non-hydrogen) atoms. The van der Waals surface area contributed by atoms with E-state index in [4.69, 9.17) is 0 Å². The summed E-state index contributed by atoms with van der Waals surface area (Å²) >= 11 is 1.65. The minimum atomic E-state index is -2.95. The molecule has 0 spiro atoms. The van der Waals surface area contributed by atoms with E-state index in [2.05, 4.69) is 29.4 Å². The van der Waals surface area contributed by atoms with Crippen LogP contribution in [0.3, 0.4) is 0 Å². The highest BCUT2D eigenvalue weighted by molar-refractivity contribution is 7.91. The third kappa shape index (κ3) is 4.20. The summed E-state index contributed by atoms with van der Waals surface area (Å²) in [6.07, 6.45) is 0.823. The molecule has 1 saturated heterocycles. The second-order valence-electron chi connectivity index (χ2n) is 7.09. The summed E-state index contributed by atoms with van der Waals surface area (Å²) in [4.78, 5) is 16.8. The topological polar surface area (TPSA) is 76.1 Å². The molecule has 1 N–H and O–H groups in total. The first-order valence-electron chi connectivity index (χ1n) is 8.86. The summed E-state index contributed by atoms with van der Waals surface area (Å²) in [5, 5.41) is 3.81. The van der Waals surface area contributed by atoms with Crippen molar-refractivity contribution >= 4 is 43.0 Å². The normalized spacial score (nSPS) is 18.6. The molecule has 4 rings (SSSR count). The third-order valence-corrected chi connectivity index (χ3v) is 7.66. The standard InChI is InChI=1S/C20H20N2O3S2/c1-13-2-7-17-18(10-13)26-20(22-17)15-3-5-16(6-4-15)21-19(23)11-14-8-9-27(24,25)12-14/h2-7,10,14H,8-9,11-12H2,1H3,(H,21,23)/t14-/m1/s1. The Morgan fingerprint density at radius 3 is 2.70 bits per heavy atom. The van der Waals surface area contributed by atoms with Gasteiger partial charge in [0.25, 0.3) is 0 Å². The second-order valence-corrected chi connectivity index (χ2v) is 10.3. The summed E-state index contributed by atoms with van der Waals surface area (Å²) in [6, 6.07) is 13.8. The largest absolute Gasteiger partial charge is 0.326 e. The van der Waals surface area contributed by atoms with Crippen molar-refractivity contribution in [1.82, 2.24) is 4.98 Å². The van der Waals surface area contributed by atoms with Crippen LogP contribution >= 0.6 is 11.3 Å². The molecule has 1 aliphatic rings. The number of nitrogens with one attached hydrogen (secondary N) is 1. The van der Waals surface area contributed by atoms with E-state index in [1.807, 2.05) is 30.3 Å². The molecule has 1 aromatic heterocycles. The first kappa shape index (κ1) is 18.1. The molecule has 0 saturated carbocycles. The van der Waals surface area contributed by atoms with Crippen molar-refractivity contribution < 1.29 is 13.2 Å². The van der Waals surface area contributed by atoms with E-state index in [0.717, 1.165) is 20.8 Å². The number of fused-ring (bicyclic) bond motifs is 1. The highest BCUT2D eigenvalue weighted by Crippen LogP contribution is 2.31. The Kier molecular flexibility index (Phi) is 4.74. The van der Waals surface area contributed by atoms with E-state index < -0.39 is 9.84 Å². The van der Waals surface area contributed by atoms with Gasteiger partial charge in [-0.2, -0.15) is 0 Å². The number of nitrogens with zero attached hydrogens (tertiary/aromatic N) is 1. The maximum absolute atomic E-state index is 12.2. The number of rotatable bonds is 4. The Balaban J connectivity index is 1.43. The highest BCUT2D eigenvalue weighted by atomic mass is 32.2. The van der Waals surface area contributed by atoms with Crippen LogP contribution in [-0.4, -0.2) is 30.8 Å². The van der Waals surface area contributed by atoms with Gasteiger partial charge in [-0.05, 0) is 61.2 Å². The number of carbonyl (C=O) groups excluding carboxylic acids is 1. The molecule has 7 heteroatoms. The van der Waals surface area contributed by atoms with E-state index in [1.54, 1.807) is 11.3 Å². The van der Waals surface area contributed by atoms with Gasteiger partial charge in [0.15, 0.2) is 9.84 Å². The SMILES string of the molecule is Cc1ccc2nc(-c3ccc(NC(=O)C[C@H]4CCS(=O)(=O)C4)cc3)sc2c1. The van der Waals surface area contributed by atoms with Crippen molar-refractivity contribution in [1.29, 1.82) is 0 Å². The van der Waals surface area contributed by atoms with Gasteiger partial charge in [-0.25, -0.2) is 13.4 Å². The summed E-state index contributed by atoms with van der Waals surface area (Å²) in [5.74, 6) is 0.110. The first-order valence-corrected chi connectivity index (χ1v) is 11.5. The van der Waals surface area contributed by atoms with Crippen LogP contribution in [0, 0.1) is 12.8 Å². The summed E-state index contributed by atoms with van der Waals surface area (Å²) in [6.45, 7) is 2.07. The van der Waals surface area contributed by atoms with Gasteiger partial charge >= 0.3 is 0 Å². The number of benzene rings is 2. The van der Waals surface area contributed by atoms with Crippen LogP contribution in [0.25, 0.3) is 20.8 Å². The van der Waals surface area contributed by atoms with Crippen molar-refractivity contribution in [3.8, 4) is 10.6 Å². The fourth-order valence-corrected chi connectivity index (χ4v) is 6.29. The van der Waals surface area contributed by atoms with Crippen LogP contribution in [0.4, 0.5) is 5.69 Å². The van der Waals surface area contributed by atoms with Crippen molar-refractivity contribution in [2.45, 2.75) is 19.8 Å². The second kappa shape index (κ2) is 7.05. The molecule has 140 valence electrons. The average molecular weight is 401 g/mol. The fraction of sp³-hybridized carbons (Fsp3) is 0.300. The zero-order valence-corrected chi connectivity index (χ0v) is 16.6. The van der Waals surface area contributed by atoms with Crippen molar-refractivity contribution in [3.05, 3.63) is 48.0 Å². The predicted octanol–water partition coefficient (Wildman–Crippen LogP) is 4.04. The van der Waals surface area contributed by atoms with Gasteiger partial charge in [0.1, 0.15) is 5.01 Å². The molecular formula is C20H20N2O3S2. The Hall–Kier alpha value is -2.25. The minimum Gasteiger partial charge on any atom is -0.326 e. The molecule has 0 unspecified atom stereocenters. The number of hydrogen-bond donors (Lipinski definition) is 1. The van der Waals surface area contributed by atoms with E-state index in [1.165, 1.54) is 5.56 Å². The number of anilines is 1. The summed E-state index contributed by atoms with van der Waals surface area (Å²) in [7, 11) is -2.95. The lowest BCUT2D eigenvalue weighted by molar-refractivity contribution is -0.116. The molecule has 1 fully saturated rings. The zero-order valence-electron chi connectivity index (χ0n) is 14.9. The van der Waals surface area contributed by atoms with Crippen LogP contribution in [0.5, 0.6) is 0 Å². The Labute approximate surface area is 162 Å². The maximum Gasteiger partial charge on any atom is 0.224 e. The predicted molar refractivity (Wildman–Crippen MR) is 110 cm³/mol. The fourth-order valence-electron chi connectivity index (χ4n) is 3.36. The molecule has 2 heterocycles.